The summed E-state index contributed by atoms with van der Waals surface area (Å²) in [4.78, 5) is 12.5. The van der Waals surface area contributed by atoms with Crippen molar-refractivity contribution in [1.29, 1.82) is 0 Å². The Labute approximate surface area is 104 Å². The number of nitrogens with zero attached hydrogens (tertiary/aromatic N) is 1. The van der Waals surface area contributed by atoms with E-state index < -0.39 is 11.7 Å². The number of halogens is 3. The van der Waals surface area contributed by atoms with Crippen LogP contribution in [0.15, 0.2) is 24.3 Å². The number of hydrogen-bond donors (Lipinski definition) is 0. The van der Waals surface area contributed by atoms with Gasteiger partial charge >= 0.3 is 6.18 Å². The zero-order chi connectivity index (χ0) is 13.8. The van der Waals surface area contributed by atoms with Crippen LogP contribution >= 0.6 is 0 Å². The van der Waals surface area contributed by atoms with Crippen molar-refractivity contribution in [3.63, 3.8) is 0 Å². The Balaban J connectivity index is 2.47. The molecule has 0 heterocycles. The van der Waals surface area contributed by atoms with Crippen molar-refractivity contribution in [3.05, 3.63) is 35.4 Å². The van der Waals surface area contributed by atoms with Crippen molar-refractivity contribution in [2.45, 2.75) is 25.9 Å². The summed E-state index contributed by atoms with van der Waals surface area (Å²) >= 11 is 0. The van der Waals surface area contributed by atoms with Crippen LogP contribution in [0.2, 0.25) is 0 Å². The Kier molecular flexibility index (Phi) is 4.76. The summed E-state index contributed by atoms with van der Waals surface area (Å²) in [5.74, 6) is -0.0116. The van der Waals surface area contributed by atoms with Gasteiger partial charge in [-0.1, -0.05) is 12.1 Å². The maximum Gasteiger partial charge on any atom is 0.416 e. The van der Waals surface area contributed by atoms with Crippen LogP contribution in [0, 0.1) is 0 Å². The van der Waals surface area contributed by atoms with Crippen molar-refractivity contribution < 1.29 is 18.0 Å². The molecule has 0 saturated heterocycles. The third kappa shape index (κ3) is 4.39. The molecule has 0 unspecified atom stereocenters. The minimum absolute atomic E-state index is 0.0116. The molecular weight excluding hydrogens is 243 g/mol. The van der Waals surface area contributed by atoms with Gasteiger partial charge in [0.15, 0.2) is 0 Å². The van der Waals surface area contributed by atoms with Crippen molar-refractivity contribution in [2.75, 3.05) is 13.6 Å². The van der Waals surface area contributed by atoms with Gasteiger partial charge in [-0.15, -0.1) is 0 Å². The highest BCUT2D eigenvalue weighted by molar-refractivity contribution is 5.72. The van der Waals surface area contributed by atoms with Gasteiger partial charge in [-0.25, -0.2) is 0 Å². The number of amides is 1. The molecule has 18 heavy (non-hydrogen) atoms. The van der Waals surface area contributed by atoms with Gasteiger partial charge in [0.2, 0.25) is 5.91 Å². The van der Waals surface area contributed by atoms with Crippen LogP contribution in [0.5, 0.6) is 0 Å². The zero-order valence-electron chi connectivity index (χ0n) is 10.4. The summed E-state index contributed by atoms with van der Waals surface area (Å²) in [6.07, 6.45) is -2.88. The molecular formula is C13H16F3NO. The Bertz CT molecular complexity index is 398. The van der Waals surface area contributed by atoms with E-state index in [0.29, 0.717) is 13.0 Å². The second kappa shape index (κ2) is 5.89. The molecule has 100 valence electrons. The van der Waals surface area contributed by atoms with Gasteiger partial charge in [-0.05, 0) is 30.5 Å². The fourth-order valence-corrected chi connectivity index (χ4v) is 1.54. The summed E-state index contributed by atoms with van der Waals surface area (Å²) in [5, 5.41) is 0. The summed E-state index contributed by atoms with van der Waals surface area (Å²) in [5.41, 5.74) is 0.215. The van der Waals surface area contributed by atoms with Gasteiger partial charge in [0.25, 0.3) is 0 Å². The maximum absolute atomic E-state index is 12.3. The van der Waals surface area contributed by atoms with Crippen molar-refractivity contribution >= 4 is 5.91 Å². The Morgan fingerprint density at radius 3 is 2.22 bits per heavy atom. The maximum atomic E-state index is 12.3. The lowest BCUT2D eigenvalue weighted by atomic mass is 10.1. The van der Waals surface area contributed by atoms with Crippen molar-refractivity contribution in [1.82, 2.24) is 4.90 Å². The first kappa shape index (κ1) is 14.5. The molecule has 0 aromatic heterocycles. The monoisotopic (exact) mass is 259 g/mol. The molecule has 1 aromatic carbocycles. The van der Waals surface area contributed by atoms with E-state index in [-0.39, 0.29) is 5.91 Å². The Morgan fingerprint density at radius 1 is 1.22 bits per heavy atom. The number of rotatable bonds is 4. The smallest absolute Gasteiger partial charge is 0.346 e. The average Bonchev–Trinajstić information content (AvgIpc) is 2.28. The third-order valence-corrected chi connectivity index (χ3v) is 2.78. The van der Waals surface area contributed by atoms with Gasteiger partial charge in [0.05, 0.1) is 5.56 Å². The number of carbonyl (C=O) groups is 1. The summed E-state index contributed by atoms with van der Waals surface area (Å²) in [7, 11) is 1.70. The standard InChI is InChI=1S/C13H16F3NO/c1-10(18)17(2)9-3-4-11-5-7-12(8-6-11)13(14,15)16/h5-8H,3-4,9H2,1-2H3. The highest BCUT2D eigenvalue weighted by atomic mass is 19.4. The van der Waals surface area contributed by atoms with Gasteiger partial charge < -0.3 is 4.90 Å². The minimum atomic E-state index is -4.28. The molecule has 0 aliphatic carbocycles. The number of aryl methyl sites for hydroxylation is 1. The van der Waals surface area contributed by atoms with Gasteiger partial charge in [0.1, 0.15) is 0 Å². The first-order chi connectivity index (χ1) is 8.30. The number of alkyl halides is 3. The van der Waals surface area contributed by atoms with E-state index in [0.717, 1.165) is 24.1 Å². The highest BCUT2D eigenvalue weighted by Crippen LogP contribution is 2.29. The highest BCUT2D eigenvalue weighted by Gasteiger charge is 2.29. The molecule has 0 aliphatic heterocycles. The van der Waals surface area contributed by atoms with E-state index in [2.05, 4.69) is 0 Å². The first-order valence-corrected chi connectivity index (χ1v) is 5.68. The van der Waals surface area contributed by atoms with Crippen LogP contribution in [0.25, 0.3) is 0 Å². The van der Waals surface area contributed by atoms with Crippen LogP contribution in [-0.2, 0) is 17.4 Å². The van der Waals surface area contributed by atoms with Crippen LogP contribution in [0.3, 0.4) is 0 Å². The second-order valence-electron chi connectivity index (χ2n) is 4.24. The van der Waals surface area contributed by atoms with E-state index in [9.17, 15) is 18.0 Å². The zero-order valence-corrected chi connectivity index (χ0v) is 10.4. The predicted octanol–water partition coefficient (Wildman–Crippen LogP) is 3.12. The molecule has 0 N–H and O–H groups in total. The lowest BCUT2D eigenvalue weighted by Gasteiger charge is -2.14. The van der Waals surface area contributed by atoms with Crippen molar-refractivity contribution in [3.8, 4) is 0 Å². The fraction of sp³-hybridized carbons (Fsp3) is 0.462. The van der Waals surface area contributed by atoms with Crippen LogP contribution < -0.4 is 0 Å². The molecule has 0 atom stereocenters. The molecule has 1 rings (SSSR count). The normalized spacial score (nSPS) is 11.4. The lowest BCUT2D eigenvalue weighted by Crippen LogP contribution is -2.25. The molecule has 1 amide bonds. The van der Waals surface area contributed by atoms with Gasteiger partial charge in [-0.2, -0.15) is 13.2 Å². The number of benzene rings is 1. The summed E-state index contributed by atoms with van der Waals surface area (Å²) < 4.78 is 37.0. The molecule has 0 fully saturated rings. The van der Waals surface area contributed by atoms with Gasteiger partial charge in [-0.3, -0.25) is 4.79 Å². The molecule has 2 nitrogen and oxygen atoms in total. The minimum Gasteiger partial charge on any atom is -0.346 e. The van der Waals surface area contributed by atoms with E-state index in [1.807, 2.05) is 0 Å². The van der Waals surface area contributed by atoms with Crippen LogP contribution in [-0.4, -0.2) is 24.4 Å². The largest absolute Gasteiger partial charge is 0.416 e. The van der Waals surface area contributed by atoms with E-state index in [1.54, 1.807) is 11.9 Å². The molecule has 5 heteroatoms. The predicted molar refractivity (Wildman–Crippen MR) is 63.1 cm³/mol. The number of hydrogen-bond acceptors (Lipinski definition) is 1. The molecule has 0 bridgehead atoms. The SMILES string of the molecule is CC(=O)N(C)CCCc1ccc(C(F)(F)F)cc1. The van der Waals surface area contributed by atoms with E-state index in [1.165, 1.54) is 19.1 Å². The Morgan fingerprint density at radius 2 is 1.78 bits per heavy atom. The molecule has 0 saturated carbocycles. The molecule has 1 aromatic rings. The van der Waals surface area contributed by atoms with E-state index >= 15 is 0 Å². The quantitative estimate of drug-likeness (QED) is 0.813. The second-order valence-corrected chi connectivity index (χ2v) is 4.24. The first-order valence-electron chi connectivity index (χ1n) is 5.68. The average molecular weight is 259 g/mol. The lowest BCUT2D eigenvalue weighted by molar-refractivity contribution is -0.137. The summed E-state index contributed by atoms with van der Waals surface area (Å²) in [6, 6.07) is 5.14. The molecule has 0 spiro atoms. The van der Waals surface area contributed by atoms with Crippen LogP contribution in [0.1, 0.15) is 24.5 Å². The third-order valence-electron chi connectivity index (χ3n) is 2.78. The molecule has 0 radical (unpaired) electrons. The summed E-state index contributed by atoms with van der Waals surface area (Å²) in [6.45, 7) is 2.09. The topological polar surface area (TPSA) is 20.3 Å². The fourth-order valence-electron chi connectivity index (χ4n) is 1.54. The van der Waals surface area contributed by atoms with Crippen LogP contribution in [0.4, 0.5) is 13.2 Å². The Hall–Kier alpha value is -1.52. The number of carbonyl (C=O) groups excluding carboxylic acids is 1. The molecule has 0 aliphatic rings. The van der Waals surface area contributed by atoms with E-state index in [4.69, 9.17) is 0 Å². The van der Waals surface area contributed by atoms with Crippen molar-refractivity contribution in [2.24, 2.45) is 0 Å². The van der Waals surface area contributed by atoms with Gasteiger partial charge in [0, 0.05) is 20.5 Å².